The summed E-state index contributed by atoms with van der Waals surface area (Å²) in [4.78, 5) is 9.88. The van der Waals surface area contributed by atoms with Gasteiger partial charge >= 0.3 is 0 Å². The third kappa shape index (κ3) is 8.72. The average Bonchev–Trinajstić information content (AvgIpc) is 3.94. The lowest BCUT2D eigenvalue weighted by atomic mass is 9.78. The minimum Gasteiger partial charge on any atom is -0.457 e. The third-order valence-electron chi connectivity index (χ3n) is 14.4. The summed E-state index contributed by atoms with van der Waals surface area (Å²) in [5, 5.41) is 2.35. The first-order valence-corrected chi connectivity index (χ1v) is 24.4. The van der Waals surface area contributed by atoms with E-state index in [1.807, 2.05) is 6.20 Å². The number of nitrogens with zero attached hydrogens (tertiary/aromatic N) is 4. The molecule has 0 saturated heterocycles. The van der Waals surface area contributed by atoms with Crippen molar-refractivity contribution >= 4 is 38.9 Å². The second-order valence-corrected chi connectivity index (χ2v) is 21.9. The molecule has 9 aromatic rings. The number of fused-ring (bicyclic) bond motifs is 3. The lowest BCUT2D eigenvalue weighted by molar-refractivity contribution is 0.480. The molecule has 69 heavy (non-hydrogen) atoms. The SMILES string of the molecule is CC(C)(C)c1cccc(N2C=C(c3ccccc3)N(c3cc(Oc4ccc5c6cc(C(C)(C)C)ccc6n(-c6cc(C(C)(C)c7ccccc7)ccn6)c5c4)cc(C(C)(C)c4ccccc4)c3)C2)c1. The highest BCUT2D eigenvalue weighted by molar-refractivity contribution is 6.10. The second kappa shape index (κ2) is 17.3. The molecular formula is C64H64N4O. The maximum Gasteiger partial charge on any atom is 0.137 e. The van der Waals surface area contributed by atoms with Crippen molar-refractivity contribution in [3.05, 3.63) is 233 Å². The monoisotopic (exact) mass is 905 g/mol. The molecule has 0 fully saturated rings. The Balaban J connectivity index is 1.12. The van der Waals surface area contributed by atoms with Crippen molar-refractivity contribution in [3.8, 4) is 17.3 Å². The highest BCUT2D eigenvalue weighted by atomic mass is 16.5. The molecule has 0 N–H and O–H groups in total. The molecule has 5 heteroatoms. The molecule has 10 rings (SSSR count). The largest absolute Gasteiger partial charge is 0.457 e. The van der Waals surface area contributed by atoms with Crippen LogP contribution in [-0.4, -0.2) is 16.2 Å². The third-order valence-corrected chi connectivity index (χ3v) is 14.4. The second-order valence-electron chi connectivity index (χ2n) is 21.9. The van der Waals surface area contributed by atoms with Crippen LogP contribution in [0.25, 0.3) is 33.3 Å². The van der Waals surface area contributed by atoms with Gasteiger partial charge in [0.1, 0.15) is 17.3 Å². The first-order chi connectivity index (χ1) is 32.9. The van der Waals surface area contributed by atoms with Crippen LogP contribution >= 0.6 is 0 Å². The van der Waals surface area contributed by atoms with Crippen molar-refractivity contribution in [1.29, 1.82) is 0 Å². The molecule has 0 atom stereocenters. The Morgan fingerprint density at radius 2 is 1.04 bits per heavy atom. The number of aromatic nitrogens is 2. The van der Waals surface area contributed by atoms with Gasteiger partial charge in [0.05, 0.1) is 23.4 Å². The zero-order valence-electron chi connectivity index (χ0n) is 41.9. The molecule has 0 unspecified atom stereocenters. The molecule has 0 saturated carbocycles. The molecule has 1 aliphatic rings. The summed E-state index contributed by atoms with van der Waals surface area (Å²) in [5.74, 6) is 2.40. The fraction of sp³-hybridized carbons (Fsp3) is 0.234. The fourth-order valence-corrected chi connectivity index (χ4v) is 9.90. The van der Waals surface area contributed by atoms with E-state index in [-0.39, 0.29) is 21.7 Å². The average molecular weight is 905 g/mol. The van der Waals surface area contributed by atoms with Crippen LogP contribution in [0, 0.1) is 0 Å². The maximum absolute atomic E-state index is 7.17. The quantitative estimate of drug-likeness (QED) is 0.137. The standard InChI is InChI=1S/C64H64N4O/c1-61(2,3)47-27-20-28-51(35-47)66-42-59(44-21-14-11-15-22-44)67(43-66)52-36-50(64(9,10)46-25-18-13-19-26-46)37-54(40-52)69-53-30-31-55-56-38-48(62(4,5)6)29-32-57(56)68(58(55)41-53)60-39-49(33-34-65-60)63(7,8)45-23-16-12-17-24-45/h11-42H,43H2,1-10H3. The Morgan fingerprint density at radius 1 is 0.435 bits per heavy atom. The van der Waals surface area contributed by atoms with E-state index in [0.29, 0.717) is 6.67 Å². The number of rotatable bonds is 10. The Morgan fingerprint density at radius 3 is 1.71 bits per heavy atom. The first kappa shape index (κ1) is 45.4. The summed E-state index contributed by atoms with van der Waals surface area (Å²) in [6.07, 6.45) is 4.26. The number of hydrogen-bond donors (Lipinski definition) is 0. The molecule has 0 aliphatic carbocycles. The Kier molecular flexibility index (Phi) is 11.4. The van der Waals surface area contributed by atoms with Crippen LogP contribution in [0.5, 0.6) is 11.5 Å². The highest BCUT2D eigenvalue weighted by Crippen LogP contribution is 2.44. The van der Waals surface area contributed by atoms with Crippen molar-refractivity contribution in [1.82, 2.24) is 9.55 Å². The molecule has 0 radical (unpaired) electrons. The topological polar surface area (TPSA) is 33.5 Å². The van der Waals surface area contributed by atoms with Gasteiger partial charge in [0.2, 0.25) is 0 Å². The zero-order chi connectivity index (χ0) is 48.3. The van der Waals surface area contributed by atoms with E-state index in [9.17, 15) is 0 Å². The lowest BCUT2D eigenvalue weighted by Gasteiger charge is -2.30. The van der Waals surface area contributed by atoms with Gasteiger partial charge in [-0.15, -0.1) is 0 Å². The summed E-state index contributed by atoms with van der Waals surface area (Å²) in [7, 11) is 0. The molecular weight excluding hydrogens is 841 g/mol. The van der Waals surface area contributed by atoms with Crippen molar-refractivity contribution in [2.45, 2.75) is 90.9 Å². The first-order valence-electron chi connectivity index (χ1n) is 24.4. The summed E-state index contributed by atoms with van der Waals surface area (Å²) in [5.41, 5.74) is 13.5. The zero-order valence-corrected chi connectivity index (χ0v) is 41.9. The van der Waals surface area contributed by atoms with Gasteiger partial charge in [-0.05, 0) is 110 Å². The van der Waals surface area contributed by atoms with Crippen LogP contribution in [0.4, 0.5) is 11.4 Å². The van der Waals surface area contributed by atoms with Crippen LogP contribution in [0.2, 0.25) is 0 Å². The molecule has 0 amide bonds. The smallest absolute Gasteiger partial charge is 0.137 e. The number of benzene rings is 7. The number of anilines is 2. The molecule has 346 valence electrons. The lowest BCUT2D eigenvalue weighted by Crippen LogP contribution is -2.27. The van der Waals surface area contributed by atoms with Crippen molar-refractivity contribution in [3.63, 3.8) is 0 Å². The number of ether oxygens (including phenoxy) is 1. The van der Waals surface area contributed by atoms with Crippen LogP contribution < -0.4 is 14.5 Å². The van der Waals surface area contributed by atoms with Crippen LogP contribution in [0.3, 0.4) is 0 Å². The normalized spacial score (nSPS) is 13.6. The van der Waals surface area contributed by atoms with Crippen molar-refractivity contribution < 1.29 is 4.74 Å². The molecule has 2 aromatic heterocycles. The predicted molar refractivity (Wildman–Crippen MR) is 290 cm³/mol. The van der Waals surface area contributed by atoms with E-state index in [1.165, 1.54) is 33.2 Å². The summed E-state index contributed by atoms with van der Waals surface area (Å²) in [6, 6.07) is 65.9. The van der Waals surface area contributed by atoms with E-state index in [1.54, 1.807) is 0 Å². The van der Waals surface area contributed by atoms with E-state index >= 15 is 0 Å². The van der Waals surface area contributed by atoms with Gasteiger partial charge in [-0.2, -0.15) is 0 Å². The molecule has 7 aromatic carbocycles. The predicted octanol–water partition coefficient (Wildman–Crippen LogP) is 16.5. The van der Waals surface area contributed by atoms with Gasteiger partial charge < -0.3 is 14.5 Å². The van der Waals surface area contributed by atoms with E-state index < -0.39 is 0 Å². The molecule has 0 spiro atoms. The molecule has 1 aliphatic heterocycles. The summed E-state index contributed by atoms with van der Waals surface area (Å²) >= 11 is 0. The Labute approximate surface area is 409 Å². The summed E-state index contributed by atoms with van der Waals surface area (Å²) < 4.78 is 9.49. The molecule has 5 nitrogen and oxygen atoms in total. The maximum atomic E-state index is 7.17. The fourth-order valence-electron chi connectivity index (χ4n) is 9.90. The number of pyridine rings is 1. The van der Waals surface area contributed by atoms with E-state index in [4.69, 9.17) is 9.72 Å². The highest BCUT2D eigenvalue weighted by Gasteiger charge is 2.31. The van der Waals surface area contributed by atoms with Gasteiger partial charge in [-0.1, -0.05) is 178 Å². The van der Waals surface area contributed by atoms with Crippen molar-refractivity contribution in [2.75, 3.05) is 16.5 Å². The van der Waals surface area contributed by atoms with Crippen LogP contribution in [0.1, 0.15) is 108 Å². The minimum atomic E-state index is -0.336. The van der Waals surface area contributed by atoms with Gasteiger partial charge in [0.15, 0.2) is 0 Å². The summed E-state index contributed by atoms with van der Waals surface area (Å²) in [6.45, 7) is 23.5. The van der Waals surface area contributed by atoms with Gasteiger partial charge in [0.25, 0.3) is 0 Å². The van der Waals surface area contributed by atoms with Crippen LogP contribution in [-0.2, 0) is 21.7 Å². The van der Waals surface area contributed by atoms with Crippen molar-refractivity contribution in [2.24, 2.45) is 0 Å². The van der Waals surface area contributed by atoms with E-state index in [2.05, 4.69) is 272 Å². The number of hydrogen-bond acceptors (Lipinski definition) is 4. The van der Waals surface area contributed by atoms with Gasteiger partial charge in [-0.25, -0.2) is 4.98 Å². The molecule has 3 heterocycles. The molecule has 0 bridgehead atoms. The van der Waals surface area contributed by atoms with E-state index in [0.717, 1.165) is 61.9 Å². The van der Waals surface area contributed by atoms with Gasteiger partial charge in [-0.3, -0.25) is 4.57 Å². The van der Waals surface area contributed by atoms with Crippen LogP contribution in [0.15, 0.2) is 194 Å². The Hall–Kier alpha value is -7.37. The minimum absolute atomic E-state index is 0.0157. The van der Waals surface area contributed by atoms with Gasteiger partial charge in [0, 0.05) is 57.5 Å². The Bertz CT molecular complexity index is 3350.